The summed E-state index contributed by atoms with van der Waals surface area (Å²) < 4.78 is 0. The molecule has 4 heteroatoms. The van der Waals surface area contributed by atoms with Crippen LogP contribution in [0.2, 0.25) is 0 Å². The van der Waals surface area contributed by atoms with Crippen LogP contribution in [0.25, 0.3) is 0 Å². The molecule has 0 aliphatic heterocycles. The molecule has 2 saturated carbocycles. The van der Waals surface area contributed by atoms with Crippen LogP contribution in [0, 0.1) is 28.1 Å². The van der Waals surface area contributed by atoms with E-state index < -0.39 is 34.4 Å². The van der Waals surface area contributed by atoms with E-state index >= 15 is 0 Å². The first-order chi connectivity index (χ1) is 15.8. The highest BCUT2D eigenvalue weighted by Gasteiger charge is 2.74. The number of allylic oxidation sites excluding steroid dienone is 4. The van der Waals surface area contributed by atoms with Gasteiger partial charge in [-0.15, -0.1) is 0 Å². The third-order valence-corrected chi connectivity index (χ3v) is 8.94. The van der Waals surface area contributed by atoms with Crippen molar-refractivity contribution in [1.29, 1.82) is 0 Å². The minimum absolute atomic E-state index is 0.0425. The predicted octanol–water partition coefficient (Wildman–Crippen LogP) is 5.47. The molecule has 2 bridgehead atoms. The van der Waals surface area contributed by atoms with E-state index in [9.17, 15) is 19.8 Å². The Balaban J connectivity index is 2.29. The van der Waals surface area contributed by atoms with Crippen LogP contribution in [0.1, 0.15) is 73.3 Å². The fraction of sp³-hybridized carbons (Fsp3) is 0.600. The number of aliphatic hydroxyl groups is 2. The highest BCUT2D eigenvalue weighted by molar-refractivity contribution is 6.06. The third-order valence-electron chi connectivity index (χ3n) is 8.94. The topological polar surface area (TPSA) is 74.6 Å². The van der Waals surface area contributed by atoms with Crippen molar-refractivity contribution in [3.05, 3.63) is 59.2 Å². The zero-order chi connectivity index (χ0) is 25.5. The van der Waals surface area contributed by atoms with Gasteiger partial charge in [-0.3, -0.25) is 9.59 Å². The lowest BCUT2D eigenvalue weighted by Gasteiger charge is -2.68. The standard InChI is InChI=1S/C30H42O4/c1-19(2)13-15-29-18-23(17-22-11-9-8-10-12-22)28(6,7)30(27(29)34,16-14-20(3)4)26(33)24(21(5)31)25(29)32/h8-14,23-24,26-27,33-34H,15-18H2,1-7H3/t23-,24?,26?,27?,29-,30?/m1/s1. The van der Waals surface area contributed by atoms with Crippen LogP contribution in [0.3, 0.4) is 0 Å². The molecule has 2 aliphatic rings. The number of Topliss-reactive ketones (excluding diaryl/α,β-unsaturated/α-hetero) is 2. The Labute approximate surface area is 205 Å². The number of benzene rings is 1. The molecule has 186 valence electrons. The number of rotatable bonds is 7. The summed E-state index contributed by atoms with van der Waals surface area (Å²) >= 11 is 0. The second kappa shape index (κ2) is 9.54. The fourth-order valence-corrected chi connectivity index (χ4v) is 6.74. The van der Waals surface area contributed by atoms with Gasteiger partial charge in [-0.25, -0.2) is 0 Å². The molecule has 4 nitrogen and oxygen atoms in total. The van der Waals surface area contributed by atoms with Gasteiger partial charge in [0.25, 0.3) is 0 Å². The van der Waals surface area contributed by atoms with Crippen molar-refractivity contribution < 1.29 is 19.8 Å². The van der Waals surface area contributed by atoms with Crippen molar-refractivity contribution in [2.24, 2.45) is 28.1 Å². The van der Waals surface area contributed by atoms with Crippen molar-refractivity contribution in [2.75, 3.05) is 0 Å². The molecule has 6 atom stereocenters. The number of hydrogen-bond acceptors (Lipinski definition) is 4. The molecule has 0 amide bonds. The maximum Gasteiger partial charge on any atom is 0.155 e. The zero-order valence-electron chi connectivity index (χ0n) is 21.9. The molecule has 2 fully saturated rings. The predicted molar refractivity (Wildman–Crippen MR) is 136 cm³/mol. The number of hydrogen-bond donors (Lipinski definition) is 2. The van der Waals surface area contributed by atoms with E-state index in [4.69, 9.17) is 0 Å². The van der Waals surface area contributed by atoms with Crippen LogP contribution < -0.4 is 0 Å². The molecule has 0 spiro atoms. The van der Waals surface area contributed by atoms with Crippen LogP contribution in [0.4, 0.5) is 0 Å². The summed E-state index contributed by atoms with van der Waals surface area (Å²) in [5.41, 5.74) is 0.671. The van der Waals surface area contributed by atoms with Crippen molar-refractivity contribution in [3.63, 3.8) is 0 Å². The van der Waals surface area contributed by atoms with Gasteiger partial charge < -0.3 is 10.2 Å². The van der Waals surface area contributed by atoms with Gasteiger partial charge in [0.15, 0.2) is 5.78 Å². The monoisotopic (exact) mass is 466 g/mol. The van der Waals surface area contributed by atoms with Gasteiger partial charge in [0.1, 0.15) is 11.7 Å². The van der Waals surface area contributed by atoms with E-state index in [1.54, 1.807) is 0 Å². The van der Waals surface area contributed by atoms with Crippen LogP contribution in [0.5, 0.6) is 0 Å². The maximum absolute atomic E-state index is 14.0. The Hall–Kier alpha value is -2.04. The van der Waals surface area contributed by atoms with Crippen LogP contribution in [-0.4, -0.2) is 34.0 Å². The zero-order valence-corrected chi connectivity index (χ0v) is 21.9. The number of ketones is 2. The lowest BCUT2D eigenvalue weighted by molar-refractivity contribution is -0.260. The first-order valence-corrected chi connectivity index (χ1v) is 12.5. The van der Waals surface area contributed by atoms with E-state index in [-0.39, 0.29) is 17.5 Å². The second-order valence-electron chi connectivity index (χ2n) is 11.8. The van der Waals surface area contributed by atoms with E-state index in [1.165, 1.54) is 12.5 Å². The number of aliphatic hydroxyl groups excluding tert-OH is 2. The molecule has 0 saturated heterocycles. The van der Waals surface area contributed by atoms with E-state index in [2.05, 4.69) is 32.1 Å². The quantitative estimate of drug-likeness (QED) is 0.413. The van der Waals surface area contributed by atoms with Gasteiger partial charge in [-0.2, -0.15) is 0 Å². The number of carbonyl (C=O) groups is 2. The Morgan fingerprint density at radius 1 is 0.971 bits per heavy atom. The first-order valence-electron chi connectivity index (χ1n) is 12.5. The van der Waals surface area contributed by atoms with Crippen molar-refractivity contribution in [3.8, 4) is 0 Å². The highest BCUT2D eigenvalue weighted by Crippen LogP contribution is 2.68. The van der Waals surface area contributed by atoms with Gasteiger partial charge >= 0.3 is 0 Å². The van der Waals surface area contributed by atoms with Gasteiger partial charge in [0.05, 0.1) is 17.6 Å². The molecule has 2 N–H and O–H groups in total. The Bertz CT molecular complexity index is 980. The van der Waals surface area contributed by atoms with Gasteiger partial charge in [0, 0.05) is 5.41 Å². The molecule has 0 heterocycles. The minimum Gasteiger partial charge on any atom is -0.391 e. The summed E-state index contributed by atoms with van der Waals surface area (Å²) in [6, 6.07) is 10.2. The molecule has 1 aromatic carbocycles. The third kappa shape index (κ3) is 4.13. The molecule has 2 aliphatic carbocycles. The fourth-order valence-electron chi connectivity index (χ4n) is 6.74. The van der Waals surface area contributed by atoms with Gasteiger partial charge in [0.2, 0.25) is 0 Å². The molecule has 4 unspecified atom stereocenters. The van der Waals surface area contributed by atoms with Crippen molar-refractivity contribution in [2.45, 2.75) is 86.4 Å². The number of carbonyl (C=O) groups excluding carboxylic acids is 2. The summed E-state index contributed by atoms with van der Waals surface area (Å²) in [6.07, 6.45) is 3.82. The number of fused-ring (bicyclic) bond motifs is 2. The molecule has 1 aromatic rings. The Morgan fingerprint density at radius 3 is 2.06 bits per heavy atom. The lowest BCUT2D eigenvalue weighted by atomic mass is 9.36. The van der Waals surface area contributed by atoms with E-state index in [0.717, 1.165) is 17.6 Å². The lowest BCUT2D eigenvalue weighted by Crippen LogP contribution is -2.75. The second-order valence-corrected chi connectivity index (χ2v) is 11.8. The molecule has 3 rings (SSSR count). The van der Waals surface area contributed by atoms with E-state index in [0.29, 0.717) is 19.3 Å². The van der Waals surface area contributed by atoms with Crippen molar-refractivity contribution in [1.82, 2.24) is 0 Å². The summed E-state index contributed by atoms with van der Waals surface area (Å²) in [6.45, 7) is 13.6. The average Bonchev–Trinajstić information content (AvgIpc) is 2.74. The van der Waals surface area contributed by atoms with Crippen LogP contribution in [-0.2, 0) is 16.0 Å². The van der Waals surface area contributed by atoms with Gasteiger partial charge in [-0.1, -0.05) is 67.5 Å². The van der Waals surface area contributed by atoms with E-state index in [1.807, 2.05) is 52.0 Å². The largest absolute Gasteiger partial charge is 0.391 e. The first kappa shape index (κ1) is 26.6. The molecular weight excluding hydrogens is 424 g/mol. The minimum atomic E-state index is -1.24. The highest BCUT2D eigenvalue weighted by atomic mass is 16.3. The SMILES string of the molecule is CC(=O)C1C(=O)[C@@]2(CC=C(C)C)C[C@@H](Cc3ccccc3)C(C)(C)C(CC=C(C)C)(C1O)C2O. The summed E-state index contributed by atoms with van der Waals surface area (Å²) in [7, 11) is 0. The Morgan fingerprint density at radius 2 is 1.53 bits per heavy atom. The molecule has 0 radical (unpaired) electrons. The average molecular weight is 467 g/mol. The maximum atomic E-state index is 14.0. The van der Waals surface area contributed by atoms with Crippen LogP contribution in [0.15, 0.2) is 53.6 Å². The summed E-state index contributed by atoms with van der Waals surface area (Å²) in [5.74, 6) is -1.68. The smallest absolute Gasteiger partial charge is 0.155 e. The molecule has 0 aromatic heterocycles. The van der Waals surface area contributed by atoms with Gasteiger partial charge in [-0.05, 0) is 77.2 Å². The summed E-state index contributed by atoms with van der Waals surface area (Å²) in [4.78, 5) is 26.8. The molecular formula is C30H42O4. The molecule has 34 heavy (non-hydrogen) atoms. The normalized spacial score (nSPS) is 34.3. The van der Waals surface area contributed by atoms with Crippen LogP contribution >= 0.6 is 0 Å². The van der Waals surface area contributed by atoms with Crippen molar-refractivity contribution >= 4 is 11.6 Å². The summed E-state index contributed by atoms with van der Waals surface area (Å²) in [5, 5.41) is 23.9. The Kier molecular flexibility index (Phi) is 7.46.